The highest BCUT2D eigenvalue weighted by atomic mass is 32.1. The van der Waals surface area contributed by atoms with Crippen LogP contribution in [0.5, 0.6) is 0 Å². The third kappa shape index (κ3) is 3.15. The van der Waals surface area contributed by atoms with Crippen molar-refractivity contribution in [3.63, 3.8) is 0 Å². The van der Waals surface area contributed by atoms with Gasteiger partial charge in [-0.25, -0.2) is 4.98 Å². The molecule has 3 heterocycles. The fraction of sp³-hybridized carbons (Fsp3) is 0.182. The quantitative estimate of drug-likeness (QED) is 0.526. The van der Waals surface area contributed by atoms with E-state index in [0.717, 1.165) is 44.9 Å². The van der Waals surface area contributed by atoms with Gasteiger partial charge in [-0.2, -0.15) is 0 Å². The molecule has 1 aliphatic rings. The Bertz CT molecular complexity index is 1070. The maximum absolute atomic E-state index is 12.6. The molecule has 4 aromatic rings. The Labute approximate surface area is 161 Å². The first-order valence-electron chi connectivity index (χ1n) is 9.23. The molecule has 27 heavy (non-hydrogen) atoms. The SMILES string of the molecule is O=C(Nc1ccc(-c2cn3c(n2)CCCC3)cc1)c1cc2ccccc2s1. The maximum Gasteiger partial charge on any atom is 0.265 e. The second-order valence-electron chi connectivity index (χ2n) is 6.87. The van der Waals surface area contributed by atoms with Crippen LogP contribution >= 0.6 is 11.3 Å². The van der Waals surface area contributed by atoms with Crippen LogP contribution in [0.15, 0.2) is 60.8 Å². The van der Waals surface area contributed by atoms with Crippen LogP contribution in [0.1, 0.15) is 28.3 Å². The largest absolute Gasteiger partial charge is 0.334 e. The molecule has 1 aliphatic heterocycles. The molecule has 4 nitrogen and oxygen atoms in total. The number of thiophene rings is 1. The topological polar surface area (TPSA) is 46.9 Å². The standard InChI is InChI=1S/C22H19N3OS/c26-22(20-13-16-5-1-2-6-19(16)27-20)23-17-10-8-15(9-11-17)18-14-25-12-4-3-7-21(25)24-18/h1-2,5-6,8-11,13-14H,3-4,7,12H2,(H,23,26). The van der Waals surface area contributed by atoms with Gasteiger partial charge in [0.2, 0.25) is 0 Å². The molecule has 2 aromatic carbocycles. The van der Waals surface area contributed by atoms with Crippen molar-refractivity contribution in [2.45, 2.75) is 25.8 Å². The third-order valence-electron chi connectivity index (χ3n) is 5.00. The van der Waals surface area contributed by atoms with Crippen LogP contribution in [0, 0.1) is 0 Å². The number of hydrogen-bond acceptors (Lipinski definition) is 3. The van der Waals surface area contributed by atoms with Crippen LogP contribution < -0.4 is 5.32 Å². The number of benzene rings is 2. The van der Waals surface area contributed by atoms with Gasteiger partial charge in [0.25, 0.3) is 5.91 Å². The summed E-state index contributed by atoms with van der Waals surface area (Å²) < 4.78 is 3.39. The summed E-state index contributed by atoms with van der Waals surface area (Å²) in [6, 6.07) is 17.9. The summed E-state index contributed by atoms with van der Waals surface area (Å²) in [5.74, 6) is 1.11. The Morgan fingerprint density at radius 1 is 1.07 bits per heavy atom. The van der Waals surface area contributed by atoms with Crippen molar-refractivity contribution in [1.29, 1.82) is 0 Å². The summed E-state index contributed by atoms with van der Waals surface area (Å²) in [4.78, 5) is 18.0. The van der Waals surface area contributed by atoms with E-state index < -0.39 is 0 Å². The molecular weight excluding hydrogens is 354 g/mol. The van der Waals surface area contributed by atoms with Gasteiger partial charge in [-0.15, -0.1) is 11.3 Å². The molecule has 0 aliphatic carbocycles. The number of fused-ring (bicyclic) bond motifs is 2. The van der Waals surface area contributed by atoms with Crippen molar-refractivity contribution in [1.82, 2.24) is 9.55 Å². The molecule has 2 aromatic heterocycles. The minimum atomic E-state index is -0.0681. The summed E-state index contributed by atoms with van der Waals surface area (Å²) in [6.45, 7) is 1.06. The Morgan fingerprint density at radius 2 is 1.93 bits per heavy atom. The lowest BCUT2D eigenvalue weighted by atomic mass is 10.1. The summed E-state index contributed by atoms with van der Waals surface area (Å²) in [5, 5.41) is 4.10. The summed E-state index contributed by atoms with van der Waals surface area (Å²) in [6.07, 6.45) is 5.65. The lowest BCUT2D eigenvalue weighted by Gasteiger charge is -2.11. The van der Waals surface area contributed by atoms with E-state index in [1.165, 1.54) is 30.0 Å². The van der Waals surface area contributed by atoms with Gasteiger partial charge in [0, 0.05) is 35.1 Å². The molecule has 0 saturated heterocycles. The van der Waals surface area contributed by atoms with Crippen LogP contribution in [0.4, 0.5) is 5.69 Å². The van der Waals surface area contributed by atoms with Gasteiger partial charge >= 0.3 is 0 Å². The number of aromatic nitrogens is 2. The molecule has 0 unspecified atom stereocenters. The second kappa shape index (κ2) is 6.67. The number of carbonyl (C=O) groups excluding carboxylic acids is 1. The first-order valence-corrected chi connectivity index (χ1v) is 10.0. The van der Waals surface area contributed by atoms with Crippen molar-refractivity contribution in [3.05, 3.63) is 71.5 Å². The number of aryl methyl sites for hydroxylation is 2. The Hall–Kier alpha value is -2.92. The smallest absolute Gasteiger partial charge is 0.265 e. The summed E-state index contributed by atoms with van der Waals surface area (Å²) >= 11 is 1.52. The van der Waals surface area contributed by atoms with Crippen LogP contribution in [0.3, 0.4) is 0 Å². The highest BCUT2D eigenvalue weighted by Crippen LogP contribution is 2.27. The number of anilines is 1. The number of nitrogens with one attached hydrogen (secondary N) is 1. The van der Waals surface area contributed by atoms with Crippen LogP contribution in [0.25, 0.3) is 21.3 Å². The Balaban J connectivity index is 1.34. The van der Waals surface area contributed by atoms with E-state index in [-0.39, 0.29) is 5.91 Å². The predicted molar refractivity (Wildman–Crippen MR) is 110 cm³/mol. The minimum absolute atomic E-state index is 0.0681. The average molecular weight is 373 g/mol. The minimum Gasteiger partial charge on any atom is -0.334 e. The molecule has 1 amide bonds. The van der Waals surface area contributed by atoms with Gasteiger partial charge in [-0.3, -0.25) is 4.79 Å². The van der Waals surface area contributed by atoms with Gasteiger partial charge in [-0.1, -0.05) is 30.3 Å². The first kappa shape index (κ1) is 16.3. The van der Waals surface area contributed by atoms with Crippen molar-refractivity contribution in [3.8, 4) is 11.3 Å². The highest BCUT2D eigenvalue weighted by molar-refractivity contribution is 7.20. The van der Waals surface area contributed by atoms with Gasteiger partial charge in [-0.05, 0) is 42.5 Å². The molecule has 0 atom stereocenters. The fourth-order valence-corrected chi connectivity index (χ4v) is 4.52. The van der Waals surface area contributed by atoms with Crippen molar-refractivity contribution >= 4 is 33.0 Å². The molecule has 134 valence electrons. The Morgan fingerprint density at radius 3 is 2.74 bits per heavy atom. The zero-order chi connectivity index (χ0) is 18.2. The molecular formula is C22H19N3OS. The fourth-order valence-electron chi connectivity index (χ4n) is 3.56. The molecule has 0 spiro atoms. The monoisotopic (exact) mass is 373 g/mol. The number of amides is 1. The highest BCUT2D eigenvalue weighted by Gasteiger charge is 2.14. The van der Waals surface area contributed by atoms with E-state index in [4.69, 9.17) is 4.98 Å². The summed E-state index contributed by atoms with van der Waals surface area (Å²) in [7, 11) is 0. The van der Waals surface area contributed by atoms with Crippen molar-refractivity contribution < 1.29 is 4.79 Å². The van der Waals surface area contributed by atoms with Gasteiger partial charge in [0.15, 0.2) is 0 Å². The van der Waals surface area contributed by atoms with Crippen LogP contribution in [0.2, 0.25) is 0 Å². The number of rotatable bonds is 3. The summed E-state index contributed by atoms with van der Waals surface area (Å²) in [5.41, 5.74) is 2.89. The lowest BCUT2D eigenvalue weighted by Crippen LogP contribution is -2.09. The number of imidazole rings is 1. The van der Waals surface area contributed by atoms with E-state index in [2.05, 4.69) is 16.1 Å². The van der Waals surface area contributed by atoms with Crippen LogP contribution in [-0.4, -0.2) is 15.5 Å². The molecule has 0 radical (unpaired) electrons. The van der Waals surface area contributed by atoms with E-state index in [1.807, 2.05) is 54.6 Å². The molecule has 0 bridgehead atoms. The number of nitrogens with zero attached hydrogens (tertiary/aromatic N) is 2. The second-order valence-corrected chi connectivity index (χ2v) is 7.96. The average Bonchev–Trinajstić information content (AvgIpc) is 3.32. The first-order chi connectivity index (χ1) is 13.3. The Kier molecular flexibility index (Phi) is 4.02. The van der Waals surface area contributed by atoms with Crippen molar-refractivity contribution in [2.24, 2.45) is 0 Å². The van der Waals surface area contributed by atoms with Crippen molar-refractivity contribution in [2.75, 3.05) is 5.32 Å². The van der Waals surface area contributed by atoms with E-state index in [1.54, 1.807) is 0 Å². The zero-order valence-electron chi connectivity index (χ0n) is 14.8. The molecule has 0 fully saturated rings. The van der Waals surface area contributed by atoms with Gasteiger partial charge in [0.1, 0.15) is 5.82 Å². The third-order valence-corrected chi connectivity index (χ3v) is 6.11. The molecule has 5 rings (SSSR count). The van der Waals surface area contributed by atoms with Gasteiger partial charge in [0.05, 0.1) is 10.6 Å². The predicted octanol–water partition coefficient (Wildman–Crippen LogP) is 5.35. The maximum atomic E-state index is 12.6. The molecule has 5 heteroatoms. The lowest BCUT2D eigenvalue weighted by molar-refractivity contribution is 0.103. The van der Waals surface area contributed by atoms with E-state index >= 15 is 0 Å². The molecule has 0 saturated carbocycles. The van der Waals surface area contributed by atoms with Crippen LogP contribution in [-0.2, 0) is 13.0 Å². The normalized spacial score (nSPS) is 13.5. The van der Waals surface area contributed by atoms with E-state index in [9.17, 15) is 4.79 Å². The molecule has 1 N–H and O–H groups in total. The van der Waals surface area contributed by atoms with E-state index in [0.29, 0.717) is 0 Å². The van der Waals surface area contributed by atoms with Gasteiger partial charge < -0.3 is 9.88 Å². The number of carbonyl (C=O) groups is 1. The number of hydrogen-bond donors (Lipinski definition) is 1. The zero-order valence-corrected chi connectivity index (χ0v) is 15.6.